The van der Waals surface area contributed by atoms with Crippen molar-refractivity contribution in [3.63, 3.8) is 0 Å². The van der Waals surface area contributed by atoms with Gasteiger partial charge in [0.1, 0.15) is 0 Å². The van der Waals surface area contributed by atoms with E-state index in [0.29, 0.717) is 17.1 Å². The zero-order valence-corrected chi connectivity index (χ0v) is 14.2. The van der Waals surface area contributed by atoms with Crippen LogP contribution < -0.4 is 22.6 Å². The smallest absolute Gasteiger partial charge is 0.253 e. The van der Waals surface area contributed by atoms with Gasteiger partial charge in [0.25, 0.3) is 5.91 Å². The minimum atomic E-state index is -0.138. The number of carbonyl (C=O) groups excluding carboxylic acids is 1. The van der Waals surface area contributed by atoms with Crippen LogP contribution in [0.3, 0.4) is 0 Å². The summed E-state index contributed by atoms with van der Waals surface area (Å²) in [5, 5.41) is 3.48. The molecule has 1 fully saturated rings. The van der Waals surface area contributed by atoms with Crippen molar-refractivity contribution in [1.29, 1.82) is 0 Å². The molecule has 4 nitrogen and oxygen atoms in total. The highest BCUT2D eigenvalue weighted by atomic mass is 35.5. The lowest BCUT2D eigenvalue weighted by Crippen LogP contribution is -3.11. The Kier molecular flexibility index (Phi) is 6.51. The minimum absolute atomic E-state index is 0. The van der Waals surface area contributed by atoms with E-state index in [1.165, 1.54) is 17.7 Å². The van der Waals surface area contributed by atoms with Crippen LogP contribution in [0.25, 0.3) is 0 Å². The van der Waals surface area contributed by atoms with E-state index in [1.807, 2.05) is 24.3 Å². The Labute approximate surface area is 147 Å². The highest BCUT2D eigenvalue weighted by Gasteiger charge is 2.29. The fourth-order valence-electron chi connectivity index (χ4n) is 3.05. The van der Waals surface area contributed by atoms with Crippen molar-refractivity contribution in [1.82, 2.24) is 5.32 Å². The third-order valence-electron chi connectivity index (χ3n) is 4.21. The van der Waals surface area contributed by atoms with Gasteiger partial charge < -0.3 is 27.0 Å². The Morgan fingerprint density at radius 1 is 1.22 bits per heavy atom. The molecule has 1 amide bonds. The van der Waals surface area contributed by atoms with Gasteiger partial charge in [-0.05, 0) is 24.3 Å². The minimum Gasteiger partial charge on any atom is -1.00 e. The fraction of sp³-hybridized carbons (Fsp3) is 0.353. The fourth-order valence-corrected chi connectivity index (χ4v) is 3.27. The lowest BCUT2D eigenvalue weighted by atomic mass is 10.1. The van der Waals surface area contributed by atoms with Gasteiger partial charge in [0, 0.05) is 12.8 Å². The van der Waals surface area contributed by atoms with Crippen LogP contribution in [0.5, 0.6) is 0 Å². The van der Waals surface area contributed by atoms with Crippen molar-refractivity contribution in [3.05, 3.63) is 59.0 Å². The number of benzene rings is 1. The topological polar surface area (TPSA) is 46.7 Å². The molecule has 1 aromatic heterocycles. The van der Waals surface area contributed by atoms with Gasteiger partial charge in [0.05, 0.1) is 36.5 Å². The van der Waals surface area contributed by atoms with E-state index in [9.17, 15) is 4.79 Å². The summed E-state index contributed by atoms with van der Waals surface area (Å²) in [7, 11) is 0. The normalized spacial score (nSPS) is 15.9. The molecule has 2 aromatic rings. The van der Waals surface area contributed by atoms with E-state index in [4.69, 9.17) is 16.0 Å². The number of halogens is 2. The highest BCUT2D eigenvalue weighted by molar-refractivity contribution is 6.33. The number of rotatable bonds is 5. The standard InChI is InChI=1S/C17H19ClN2O2.ClH/c18-14-7-2-1-6-13(14)17(21)19-12-15(16-8-5-11-22-16)20-9-3-4-10-20;/h1-2,5-8,11,15H,3-4,9-10,12H2,(H,19,21);1H. The molecule has 1 aliphatic rings. The molecule has 0 spiro atoms. The van der Waals surface area contributed by atoms with Crippen molar-refractivity contribution in [2.75, 3.05) is 19.6 Å². The number of hydrogen-bond acceptors (Lipinski definition) is 2. The van der Waals surface area contributed by atoms with Gasteiger partial charge in [0.15, 0.2) is 11.8 Å². The van der Waals surface area contributed by atoms with E-state index in [1.54, 1.807) is 18.4 Å². The molecule has 2 heterocycles. The first-order chi connectivity index (χ1) is 10.8. The van der Waals surface area contributed by atoms with Gasteiger partial charge in [-0.15, -0.1) is 0 Å². The number of quaternary nitrogens is 1. The molecule has 2 N–H and O–H groups in total. The summed E-state index contributed by atoms with van der Waals surface area (Å²) >= 11 is 6.08. The summed E-state index contributed by atoms with van der Waals surface area (Å²) in [4.78, 5) is 13.8. The number of furan rings is 1. The molecule has 23 heavy (non-hydrogen) atoms. The molecule has 1 unspecified atom stereocenters. The average Bonchev–Trinajstić information content (AvgIpc) is 3.21. The van der Waals surface area contributed by atoms with Crippen LogP contribution in [0.4, 0.5) is 0 Å². The summed E-state index contributed by atoms with van der Waals surface area (Å²) in [6.07, 6.45) is 4.14. The van der Waals surface area contributed by atoms with E-state index < -0.39 is 0 Å². The van der Waals surface area contributed by atoms with Crippen LogP contribution in [0.1, 0.15) is 35.0 Å². The quantitative estimate of drug-likeness (QED) is 0.730. The largest absolute Gasteiger partial charge is 1.00 e. The van der Waals surface area contributed by atoms with Crippen molar-refractivity contribution in [2.45, 2.75) is 18.9 Å². The molecular weight excluding hydrogens is 335 g/mol. The second kappa shape index (κ2) is 8.39. The number of carbonyl (C=O) groups is 1. The van der Waals surface area contributed by atoms with Gasteiger partial charge in [-0.3, -0.25) is 4.79 Å². The Morgan fingerprint density at radius 3 is 2.61 bits per heavy atom. The van der Waals surface area contributed by atoms with Crippen molar-refractivity contribution >= 4 is 17.5 Å². The molecule has 0 radical (unpaired) electrons. The number of amides is 1. The summed E-state index contributed by atoms with van der Waals surface area (Å²) in [5.41, 5.74) is 0.513. The first-order valence-electron chi connectivity index (χ1n) is 7.66. The molecule has 6 heteroatoms. The number of likely N-dealkylation sites (tertiary alicyclic amines) is 1. The van der Waals surface area contributed by atoms with E-state index in [0.717, 1.165) is 18.8 Å². The number of nitrogens with one attached hydrogen (secondary N) is 2. The lowest BCUT2D eigenvalue weighted by Gasteiger charge is -2.23. The molecule has 124 valence electrons. The van der Waals surface area contributed by atoms with Crippen molar-refractivity contribution in [2.24, 2.45) is 0 Å². The zero-order chi connectivity index (χ0) is 15.4. The van der Waals surface area contributed by atoms with Gasteiger partial charge >= 0.3 is 0 Å². The summed E-state index contributed by atoms with van der Waals surface area (Å²) in [5.74, 6) is 0.789. The number of hydrogen-bond donors (Lipinski definition) is 2. The maximum absolute atomic E-state index is 12.3. The maximum atomic E-state index is 12.3. The first-order valence-corrected chi connectivity index (χ1v) is 8.04. The molecule has 1 aliphatic heterocycles. The molecule has 0 aliphatic carbocycles. The Hall–Kier alpha value is -1.49. The van der Waals surface area contributed by atoms with E-state index in [2.05, 4.69) is 5.32 Å². The third kappa shape index (κ3) is 4.28. The van der Waals surface area contributed by atoms with Gasteiger partial charge in [-0.2, -0.15) is 0 Å². The zero-order valence-electron chi connectivity index (χ0n) is 12.7. The van der Waals surface area contributed by atoms with Crippen LogP contribution in [0, 0.1) is 0 Å². The van der Waals surface area contributed by atoms with Crippen LogP contribution in [0.2, 0.25) is 5.02 Å². The Bertz CT molecular complexity index is 625. The highest BCUT2D eigenvalue weighted by Crippen LogP contribution is 2.15. The average molecular weight is 355 g/mol. The van der Waals surface area contributed by atoms with E-state index in [-0.39, 0.29) is 24.4 Å². The van der Waals surface area contributed by atoms with Gasteiger partial charge in [-0.1, -0.05) is 23.7 Å². The van der Waals surface area contributed by atoms with Crippen LogP contribution in [-0.4, -0.2) is 25.5 Å². The van der Waals surface area contributed by atoms with Gasteiger partial charge in [0.2, 0.25) is 0 Å². The molecule has 1 atom stereocenters. The monoisotopic (exact) mass is 354 g/mol. The molecule has 1 aromatic carbocycles. The lowest BCUT2D eigenvalue weighted by molar-refractivity contribution is -0.919. The molecule has 0 saturated carbocycles. The second-order valence-corrected chi connectivity index (χ2v) is 6.03. The van der Waals surface area contributed by atoms with Crippen molar-refractivity contribution < 1.29 is 26.5 Å². The Balaban J connectivity index is 0.00000192. The van der Waals surface area contributed by atoms with Crippen LogP contribution in [0.15, 0.2) is 47.1 Å². The van der Waals surface area contributed by atoms with E-state index >= 15 is 0 Å². The van der Waals surface area contributed by atoms with Crippen molar-refractivity contribution in [3.8, 4) is 0 Å². The summed E-state index contributed by atoms with van der Waals surface area (Å²) in [6, 6.07) is 11.1. The molecule has 0 bridgehead atoms. The van der Waals surface area contributed by atoms with Crippen LogP contribution >= 0.6 is 11.6 Å². The molecule has 3 rings (SSSR count). The predicted molar refractivity (Wildman–Crippen MR) is 85.2 cm³/mol. The first kappa shape index (κ1) is 17.9. The predicted octanol–water partition coefficient (Wildman–Crippen LogP) is -0.913. The SMILES string of the molecule is O=C(NCC(c1ccco1)[NH+]1CCCC1)c1ccccc1Cl.[Cl-]. The molecule has 1 saturated heterocycles. The maximum Gasteiger partial charge on any atom is 0.253 e. The van der Waals surface area contributed by atoms with Gasteiger partial charge in [-0.25, -0.2) is 0 Å². The van der Waals surface area contributed by atoms with Crippen LogP contribution in [-0.2, 0) is 0 Å². The summed E-state index contributed by atoms with van der Waals surface area (Å²) < 4.78 is 5.57. The Morgan fingerprint density at radius 2 is 1.96 bits per heavy atom. The molecular formula is C17H20Cl2N2O2. The summed E-state index contributed by atoms with van der Waals surface area (Å²) in [6.45, 7) is 2.79. The second-order valence-electron chi connectivity index (χ2n) is 5.62. The third-order valence-corrected chi connectivity index (χ3v) is 4.54.